The second-order valence-electron chi connectivity index (χ2n) is 5.35. The van der Waals surface area contributed by atoms with Gasteiger partial charge in [-0.1, -0.05) is 13.8 Å². The van der Waals surface area contributed by atoms with Gasteiger partial charge in [0.25, 0.3) is 0 Å². The SMILES string of the molecule is CC(C)C1CC(N2CCOC(CN)C2)C1. The number of rotatable bonds is 3. The third-order valence-corrected chi connectivity index (χ3v) is 4.04. The summed E-state index contributed by atoms with van der Waals surface area (Å²) < 4.78 is 5.58. The van der Waals surface area contributed by atoms with Crippen LogP contribution in [0, 0.1) is 11.8 Å². The smallest absolute Gasteiger partial charge is 0.0824 e. The molecule has 1 unspecified atom stereocenters. The van der Waals surface area contributed by atoms with E-state index in [0.717, 1.165) is 37.6 Å². The van der Waals surface area contributed by atoms with Crippen molar-refractivity contribution in [2.45, 2.75) is 38.8 Å². The Bertz CT molecular complexity index is 202. The Morgan fingerprint density at radius 2 is 2.13 bits per heavy atom. The largest absolute Gasteiger partial charge is 0.374 e. The van der Waals surface area contributed by atoms with Gasteiger partial charge in [0.05, 0.1) is 12.7 Å². The van der Waals surface area contributed by atoms with Gasteiger partial charge in [0.1, 0.15) is 0 Å². The first-order valence-corrected chi connectivity index (χ1v) is 6.26. The summed E-state index contributed by atoms with van der Waals surface area (Å²) in [4.78, 5) is 2.58. The summed E-state index contributed by atoms with van der Waals surface area (Å²) in [7, 11) is 0. The molecule has 2 N–H and O–H groups in total. The predicted octanol–water partition coefficient (Wildman–Crippen LogP) is 1.08. The first-order valence-electron chi connectivity index (χ1n) is 6.26. The van der Waals surface area contributed by atoms with Gasteiger partial charge in [-0.2, -0.15) is 0 Å². The quantitative estimate of drug-likeness (QED) is 0.761. The lowest BCUT2D eigenvalue weighted by Gasteiger charge is -2.47. The summed E-state index contributed by atoms with van der Waals surface area (Å²) in [5.74, 6) is 1.81. The van der Waals surface area contributed by atoms with Crippen LogP contribution in [0.1, 0.15) is 26.7 Å². The fraction of sp³-hybridized carbons (Fsp3) is 1.00. The molecule has 0 bridgehead atoms. The molecule has 1 aliphatic heterocycles. The molecule has 2 fully saturated rings. The second-order valence-corrected chi connectivity index (χ2v) is 5.35. The predicted molar refractivity (Wildman–Crippen MR) is 61.7 cm³/mol. The highest BCUT2D eigenvalue weighted by Gasteiger charge is 2.36. The maximum atomic E-state index is 5.65. The van der Waals surface area contributed by atoms with Crippen molar-refractivity contribution in [3.05, 3.63) is 0 Å². The van der Waals surface area contributed by atoms with Gasteiger partial charge in [0.15, 0.2) is 0 Å². The van der Waals surface area contributed by atoms with Crippen LogP contribution < -0.4 is 5.73 Å². The number of nitrogens with zero attached hydrogens (tertiary/aromatic N) is 1. The van der Waals surface area contributed by atoms with Crippen molar-refractivity contribution >= 4 is 0 Å². The van der Waals surface area contributed by atoms with Crippen LogP contribution in [-0.2, 0) is 4.74 Å². The van der Waals surface area contributed by atoms with Crippen molar-refractivity contribution in [1.82, 2.24) is 4.90 Å². The molecule has 3 heteroatoms. The topological polar surface area (TPSA) is 38.5 Å². The van der Waals surface area contributed by atoms with Crippen LogP contribution >= 0.6 is 0 Å². The maximum absolute atomic E-state index is 5.65. The highest BCUT2D eigenvalue weighted by Crippen LogP contribution is 2.37. The molecule has 0 radical (unpaired) electrons. The van der Waals surface area contributed by atoms with Gasteiger partial charge in [0, 0.05) is 25.7 Å². The standard InChI is InChI=1S/C12H24N2O/c1-9(2)10-5-11(6-10)14-3-4-15-12(7-13)8-14/h9-12H,3-8,13H2,1-2H3. The molecule has 15 heavy (non-hydrogen) atoms. The number of hydrogen-bond donors (Lipinski definition) is 1. The molecule has 1 saturated carbocycles. The molecule has 1 heterocycles. The van der Waals surface area contributed by atoms with Crippen LogP contribution in [0.25, 0.3) is 0 Å². The third-order valence-electron chi connectivity index (χ3n) is 4.04. The fourth-order valence-electron chi connectivity index (χ4n) is 2.69. The minimum atomic E-state index is 0.275. The normalized spacial score (nSPS) is 38.0. The lowest BCUT2D eigenvalue weighted by molar-refractivity contribution is -0.0642. The van der Waals surface area contributed by atoms with E-state index < -0.39 is 0 Å². The van der Waals surface area contributed by atoms with E-state index in [2.05, 4.69) is 18.7 Å². The molecule has 2 aliphatic rings. The number of hydrogen-bond acceptors (Lipinski definition) is 3. The van der Waals surface area contributed by atoms with Crippen LogP contribution in [0.2, 0.25) is 0 Å². The second kappa shape index (κ2) is 4.81. The summed E-state index contributed by atoms with van der Waals surface area (Å²) in [6, 6.07) is 0.815. The maximum Gasteiger partial charge on any atom is 0.0824 e. The van der Waals surface area contributed by atoms with E-state index in [9.17, 15) is 0 Å². The van der Waals surface area contributed by atoms with E-state index in [4.69, 9.17) is 10.5 Å². The Hall–Kier alpha value is -0.120. The van der Waals surface area contributed by atoms with E-state index in [0.29, 0.717) is 6.54 Å². The zero-order valence-electron chi connectivity index (χ0n) is 9.98. The van der Waals surface area contributed by atoms with E-state index >= 15 is 0 Å². The van der Waals surface area contributed by atoms with Crippen molar-refractivity contribution in [3.8, 4) is 0 Å². The number of ether oxygens (including phenoxy) is 1. The average Bonchev–Trinajstić information content (AvgIpc) is 2.15. The van der Waals surface area contributed by atoms with Crippen molar-refractivity contribution in [1.29, 1.82) is 0 Å². The van der Waals surface area contributed by atoms with Crippen LogP contribution in [-0.4, -0.2) is 43.3 Å². The summed E-state index contributed by atoms with van der Waals surface area (Å²) in [6.45, 7) is 8.35. The van der Waals surface area contributed by atoms with E-state index in [1.807, 2.05) is 0 Å². The Morgan fingerprint density at radius 3 is 2.73 bits per heavy atom. The molecule has 3 nitrogen and oxygen atoms in total. The molecule has 0 aromatic carbocycles. The van der Waals surface area contributed by atoms with Crippen molar-refractivity contribution < 1.29 is 4.74 Å². The Morgan fingerprint density at radius 1 is 1.40 bits per heavy atom. The minimum absolute atomic E-state index is 0.275. The van der Waals surface area contributed by atoms with Crippen LogP contribution in [0.5, 0.6) is 0 Å². The Labute approximate surface area is 93.0 Å². The van der Waals surface area contributed by atoms with Crippen LogP contribution in [0.3, 0.4) is 0 Å². The minimum Gasteiger partial charge on any atom is -0.374 e. The molecule has 2 rings (SSSR count). The highest BCUT2D eigenvalue weighted by atomic mass is 16.5. The van der Waals surface area contributed by atoms with Gasteiger partial charge in [-0.05, 0) is 24.7 Å². The van der Waals surface area contributed by atoms with Crippen LogP contribution in [0.4, 0.5) is 0 Å². The van der Waals surface area contributed by atoms with Gasteiger partial charge in [-0.3, -0.25) is 4.90 Å². The molecule has 0 aromatic heterocycles. The molecule has 0 amide bonds. The summed E-state index contributed by atoms with van der Waals surface area (Å²) in [6.07, 6.45) is 3.04. The molecule has 1 aliphatic carbocycles. The summed E-state index contributed by atoms with van der Waals surface area (Å²) in [5, 5.41) is 0. The monoisotopic (exact) mass is 212 g/mol. The molecule has 1 saturated heterocycles. The highest BCUT2D eigenvalue weighted by molar-refractivity contribution is 4.90. The average molecular weight is 212 g/mol. The molecule has 1 atom stereocenters. The molecular formula is C12H24N2O. The Balaban J connectivity index is 1.76. The molecule has 0 aromatic rings. The number of nitrogens with two attached hydrogens (primary N) is 1. The van der Waals surface area contributed by atoms with Crippen molar-refractivity contribution in [3.63, 3.8) is 0 Å². The van der Waals surface area contributed by atoms with Gasteiger partial charge in [-0.25, -0.2) is 0 Å². The Kier molecular flexibility index (Phi) is 3.65. The zero-order valence-corrected chi connectivity index (χ0v) is 9.98. The number of morpholine rings is 1. The summed E-state index contributed by atoms with van der Waals surface area (Å²) in [5.41, 5.74) is 5.65. The fourth-order valence-corrected chi connectivity index (χ4v) is 2.69. The molecular weight excluding hydrogens is 188 g/mol. The van der Waals surface area contributed by atoms with Gasteiger partial charge >= 0.3 is 0 Å². The molecule has 88 valence electrons. The van der Waals surface area contributed by atoms with Crippen molar-refractivity contribution in [2.75, 3.05) is 26.2 Å². The van der Waals surface area contributed by atoms with Gasteiger partial charge in [-0.15, -0.1) is 0 Å². The molecule has 0 spiro atoms. The lowest BCUT2D eigenvalue weighted by Crippen LogP contribution is -2.54. The van der Waals surface area contributed by atoms with Gasteiger partial charge < -0.3 is 10.5 Å². The third kappa shape index (κ3) is 2.52. The zero-order chi connectivity index (χ0) is 10.8. The van der Waals surface area contributed by atoms with Crippen molar-refractivity contribution in [2.24, 2.45) is 17.6 Å². The lowest BCUT2D eigenvalue weighted by atomic mass is 9.73. The first kappa shape index (κ1) is 11.4. The van der Waals surface area contributed by atoms with E-state index in [1.54, 1.807) is 0 Å². The van der Waals surface area contributed by atoms with E-state index in [-0.39, 0.29) is 6.10 Å². The van der Waals surface area contributed by atoms with E-state index in [1.165, 1.54) is 12.8 Å². The summed E-state index contributed by atoms with van der Waals surface area (Å²) >= 11 is 0. The van der Waals surface area contributed by atoms with Crippen LogP contribution in [0.15, 0.2) is 0 Å². The van der Waals surface area contributed by atoms with Gasteiger partial charge in [0.2, 0.25) is 0 Å². The first-order chi connectivity index (χ1) is 7.20.